The van der Waals surface area contributed by atoms with Crippen molar-refractivity contribution in [2.24, 2.45) is 28.8 Å². The molecule has 2 heterocycles. The van der Waals surface area contributed by atoms with E-state index >= 15 is 0 Å². The van der Waals surface area contributed by atoms with Crippen LogP contribution in [0.2, 0.25) is 0 Å². The first-order chi connectivity index (χ1) is 15.4. The van der Waals surface area contributed by atoms with E-state index in [1.54, 1.807) is 12.3 Å². The molecule has 0 amide bonds. The predicted octanol–water partition coefficient (Wildman–Crippen LogP) is 5.54. The number of nitriles is 1. The SMILES string of the molecule is C[C@H]1[C@H](/C=C/c2ccc(-c3ccccc3C#N)cn2)[C@@H]2[C@@H](C)OC(=O)[C@]2(N=[N+]=[N-])C[C@@H]1C. The largest absolute Gasteiger partial charge is 0.462 e. The van der Waals surface area contributed by atoms with Gasteiger partial charge in [0.15, 0.2) is 5.54 Å². The molecule has 0 radical (unpaired) electrons. The summed E-state index contributed by atoms with van der Waals surface area (Å²) >= 11 is 0. The fourth-order valence-corrected chi connectivity index (χ4v) is 5.33. The van der Waals surface area contributed by atoms with Crippen molar-refractivity contribution >= 4 is 12.0 Å². The van der Waals surface area contributed by atoms with Crippen LogP contribution in [0, 0.1) is 35.0 Å². The Morgan fingerprint density at radius 1 is 1.28 bits per heavy atom. The van der Waals surface area contributed by atoms with Gasteiger partial charge in [0.25, 0.3) is 0 Å². The molecule has 1 saturated carbocycles. The maximum absolute atomic E-state index is 12.7. The van der Waals surface area contributed by atoms with Crippen LogP contribution in [-0.4, -0.2) is 22.6 Å². The third-order valence-electron chi connectivity index (χ3n) is 7.11. The summed E-state index contributed by atoms with van der Waals surface area (Å²) < 4.78 is 5.55. The molecule has 1 aliphatic carbocycles. The molecule has 1 aromatic carbocycles. The lowest BCUT2D eigenvalue weighted by molar-refractivity contribution is -0.145. The topological polar surface area (TPSA) is 112 Å². The Hall–Kier alpha value is -3.62. The standard InChI is InChI=1S/C25H25N5O2/c1-15-12-25(29-30-27)23(17(3)32-24(25)31)21(16(15)2)11-10-20-9-8-19(14-28-20)22-7-5-4-6-18(22)13-26/h4-11,14-17,21,23H,12H2,1-3H3/b11-10+/t15-,16+,17+,21-,23-,25-/m0/s1. The minimum atomic E-state index is -1.15. The number of nitrogens with zero attached hydrogens (tertiary/aromatic N) is 5. The molecule has 1 aromatic heterocycles. The second-order valence-electron chi connectivity index (χ2n) is 8.86. The summed E-state index contributed by atoms with van der Waals surface area (Å²) in [6, 6.07) is 13.5. The normalized spacial score (nSPS) is 31.4. The van der Waals surface area contributed by atoms with E-state index in [4.69, 9.17) is 4.74 Å². The summed E-state index contributed by atoms with van der Waals surface area (Å²) in [6.07, 6.45) is 5.97. The lowest BCUT2D eigenvalue weighted by atomic mass is 9.59. The van der Waals surface area contributed by atoms with Crippen LogP contribution in [0.15, 0.2) is 53.8 Å². The van der Waals surface area contributed by atoms with Gasteiger partial charge < -0.3 is 4.74 Å². The van der Waals surface area contributed by atoms with Crippen molar-refractivity contribution in [3.05, 3.63) is 70.4 Å². The van der Waals surface area contributed by atoms with Crippen molar-refractivity contribution in [2.45, 2.75) is 38.8 Å². The summed E-state index contributed by atoms with van der Waals surface area (Å²) in [5, 5.41) is 13.3. The van der Waals surface area contributed by atoms with Gasteiger partial charge in [-0.2, -0.15) is 5.26 Å². The fourth-order valence-electron chi connectivity index (χ4n) is 5.33. The average Bonchev–Trinajstić information content (AvgIpc) is 3.04. The minimum Gasteiger partial charge on any atom is -0.462 e. The van der Waals surface area contributed by atoms with Crippen LogP contribution in [-0.2, 0) is 9.53 Å². The van der Waals surface area contributed by atoms with Gasteiger partial charge in [-0.1, -0.05) is 49.3 Å². The lowest BCUT2D eigenvalue weighted by Crippen LogP contribution is -2.51. The molecule has 0 N–H and O–H groups in total. The first-order valence-electron chi connectivity index (χ1n) is 10.8. The summed E-state index contributed by atoms with van der Waals surface area (Å²) in [5.74, 6) is -0.135. The van der Waals surface area contributed by atoms with Crippen molar-refractivity contribution in [2.75, 3.05) is 0 Å². The van der Waals surface area contributed by atoms with Crippen LogP contribution in [0.4, 0.5) is 0 Å². The zero-order valence-corrected chi connectivity index (χ0v) is 18.3. The summed E-state index contributed by atoms with van der Waals surface area (Å²) in [7, 11) is 0. The number of hydrogen-bond donors (Lipinski definition) is 0. The van der Waals surface area contributed by atoms with E-state index in [1.807, 2.05) is 43.3 Å². The number of carbonyl (C=O) groups excluding carboxylic acids is 1. The average molecular weight is 428 g/mol. The van der Waals surface area contributed by atoms with Crippen molar-refractivity contribution in [1.29, 1.82) is 5.26 Å². The van der Waals surface area contributed by atoms with Gasteiger partial charge in [0.05, 0.1) is 17.3 Å². The van der Waals surface area contributed by atoms with Crippen LogP contribution in [0.3, 0.4) is 0 Å². The van der Waals surface area contributed by atoms with Gasteiger partial charge in [-0.05, 0) is 54.8 Å². The molecule has 0 bridgehead atoms. The highest BCUT2D eigenvalue weighted by atomic mass is 16.6. The third kappa shape index (κ3) is 3.53. The van der Waals surface area contributed by atoms with E-state index in [9.17, 15) is 15.6 Å². The van der Waals surface area contributed by atoms with Gasteiger partial charge in [-0.25, -0.2) is 0 Å². The second kappa shape index (κ2) is 8.49. The van der Waals surface area contributed by atoms with Crippen LogP contribution >= 0.6 is 0 Å². The molecule has 2 fully saturated rings. The number of pyridine rings is 1. The Labute approximate surface area is 187 Å². The van der Waals surface area contributed by atoms with Gasteiger partial charge in [0, 0.05) is 28.2 Å². The van der Waals surface area contributed by atoms with Gasteiger partial charge in [0.1, 0.15) is 6.10 Å². The van der Waals surface area contributed by atoms with Crippen molar-refractivity contribution in [1.82, 2.24) is 4.98 Å². The van der Waals surface area contributed by atoms with E-state index < -0.39 is 11.5 Å². The number of hydrogen-bond acceptors (Lipinski definition) is 5. The van der Waals surface area contributed by atoms with Crippen LogP contribution < -0.4 is 0 Å². The van der Waals surface area contributed by atoms with E-state index in [-0.39, 0.29) is 29.8 Å². The molecule has 2 aliphatic rings. The number of carbonyl (C=O) groups is 1. The van der Waals surface area contributed by atoms with E-state index in [1.165, 1.54) is 0 Å². The summed E-state index contributed by atoms with van der Waals surface area (Å²) in [5.41, 5.74) is 11.1. The van der Waals surface area contributed by atoms with Crippen LogP contribution in [0.1, 0.15) is 38.4 Å². The maximum atomic E-state index is 12.7. The lowest BCUT2D eigenvalue weighted by Gasteiger charge is -2.45. The van der Waals surface area contributed by atoms with Gasteiger partial charge in [-0.15, -0.1) is 0 Å². The highest BCUT2D eigenvalue weighted by molar-refractivity contribution is 5.84. The molecule has 32 heavy (non-hydrogen) atoms. The molecule has 1 aliphatic heterocycles. The number of aromatic nitrogens is 1. The van der Waals surface area contributed by atoms with Crippen LogP contribution in [0.5, 0.6) is 0 Å². The van der Waals surface area contributed by atoms with Gasteiger partial charge in [-0.3, -0.25) is 9.78 Å². The molecule has 0 spiro atoms. The zero-order chi connectivity index (χ0) is 22.9. The second-order valence-corrected chi connectivity index (χ2v) is 8.86. The Kier molecular flexibility index (Phi) is 5.73. The van der Waals surface area contributed by atoms with Crippen molar-refractivity contribution in [3.63, 3.8) is 0 Å². The highest BCUT2D eigenvalue weighted by Crippen LogP contribution is 2.53. The van der Waals surface area contributed by atoms with Gasteiger partial charge in [0.2, 0.25) is 0 Å². The summed E-state index contributed by atoms with van der Waals surface area (Å²) in [4.78, 5) is 20.2. The molecule has 6 atom stereocenters. The number of fused-ring (bicyclic) bond motifs is 1. The number of benzene rings is 1. The Balaban J connectivity index is 1.64. The maximum Gasteiger partial charge on any atom is 0.318 e. The predicted molar refractivity (Wildman–Crippen MR) is 121 cm³/mol. The monoisotopic (exact) mass is 427 g/mol. The fraction of sp³-hybridized carbons (Fsp3) is 0.400. The Morgan fingerprint density at radius 3 is 2.75 bits per heavy atom. The molecular formula is C25H25N5O2. The van der Waals surface area contributed by atoms with E-state index in [0.29, 0.717) is 12.0 Å². The molecule has 7 heteroatoms. The molecule has 162 valence electrons. The number of allylic oxidation sites excluding steroid dienone is 1. The third-order valence-corrected chi connectivity index (χ3v) is 7.11. The first kappa shape index (κ1) is 21.6. The number of azide groups is 1. The van der Waals surface area contributed by atoms with E-state index in [2.05, 4.69) is 41.0 Å². The van der Waals surface area contributed by atoms with Crippen molar-refractivity contribution < 1.29 is 9.53 Å². The Bertz CT molecular complexity index is 1150. The Morgan fingerprint density at radius 2 is 2.06 bits per heavy atom. The quantitative estimate of drug-likeness (QED) is 0.276. The highest BCUT2D eigenvalue weighted by Gasteiger charge is 2.62. The summed E-state index contributed by atoms with van der Waals surface area (Å²) in [6.45, 7) is 6.14. The number of rotatable bonds is 4. The molecule has 7 nitrogen and oxygen atoms in total. The van der Waals surface area contributed by atoms with E-state index in [0.717, 1.165) is 16.8 Å². The number of esters is 1. The van der Waals surface area contributed by atoms with Crippen molar-refractivity contribution in [3.8, 4) is 17.2 Å². The number of cyclic esters (lactones) is 1. The zero-order valence-electron chi connectivity index (χ0n) is 18.3. The van der Waals surface area contributed by atoms with Gasteiger partial charge >= 0.3 is 5.97 Å². The molecule has 4 rings (SSSR count). The van der Waals surface area contributed by atoms with Crippen LogP contribution in [0.25, 0.3) is 27.6 Å². The smallest absolute Gasteiger partial charge is 0.318 e. The first-order valence-corrected chi connectivity index (χ1v) is 10.8. The molecular weight excluding hydrogens is 402 g/mol. The number of ether oxygens (including phenoxy) is 1. The minimum absolute atomic E-state index is 0.00601. The molecule has 2 aromatic rings. The molecule has 1 saturated heterocycles. The molecule has 0 unspecified atom stereocenters.